The van der Waals surface area contributed by atoms with Crippen molar-refractivity contribution in [3.8, 4) is 28.5 Å². The van der Waals surface area contributed by atoms with Crippen LogP contribution in [-0.2, 0) is 4.79 Å². The number of carbonyl (C=O) groups is 1. The fourth-order valence-electron chi connectivity index (χ4n) is 3.38. The number of aromatic nitrogens is 2. The van der Waals surface area contributed by atoms with Gasteiger partial charge in [0.25, 0.3) is 5.91 Å². The third-order valence-electron chi connectivity index (χ3n) is 4.93. The first-order chi connectivity index (χ1) is 15.7. The fourth-order valence-corrected chi connectivity index (χ4v) is 4.28. The number of nitrogens with zero attached hydrogens (tertiary/aromatic N) is 2. The van der Waals surface area contributed by atoms with Crippen LogP contribution in [0.25, 0.3) is 21.3 Å². The van der Waals surface area contributed by atoms with Gasteiger partial charge in [-0.3, -0.25) is 4.79 Å². The lowest BCUT2D eigenvalue weighted by Crippen LogP contribution is -2.42. The Morgan fingerprint density at radius 3 is 2.81 bits per heavy atom. The molecule has 0 aliphatic carbocycles. The highest BCUT2D eigenvalue weighted by atomic mass is 32.1. The number of para-hydroxylation sites is 2. The minimum absolute atomic E-state index is 0.213. The van der Waals surface area contributed by atoms with E-state index in [2.05, 4.69) is 15.3 Å². The number of thiophene rings is 1. The van der Waals surface area contributed by atoms with Gasteiger partial charge in [-0.05, 0) is 29.8 Å². The number of benzene rings is 2. The molecule has 1 atom stereocenters. The number of nitrogens with one attached hydrogen (secondary N) is 1. The molecular weight excluding hydrogens is 433 g/mol. The molecule has 0 unspecified atom stereocenters. The summed E-state index contributed by atoms with van der Waals surface area (Å²) in [7, 11) is 0. The van der Waals surface area contributed by atoms with Crippen molar-refractivity contribution >= 4 is 27.5 Å². The molecule has 0 bridgehead atoms. The summed E-state index contributed by atoms with van der Waals surface area (Å²) in [5.41, 5.74) is 1.64. The fraction of sp³-hybridized carbons (Fsp3) is 0.174. The molecule has 162 valence electrons. The summed E-state index contributed by atoms with van der Waals surface area (Å²) in [6.45, 7) is 0.421. The van der Waals surface area contributed by atoms with Gasteiger partial charge in [0.05, 0.1) is 11.9 Å². The predicted octanol–water partition coefficient (Wildman–Crippen LogP) is 3.83. The monoisotopic (exact) mass is 451 g/mol. The largest absolute Gasteiger partial charge is 0.486 e. The highest BCUT2D eigenvalue weighted by Gasteiger charge is 2.21. The lowest BCUT2D eigenvalue weighted by Gasteiger charge is -2.26. The molecule has 1 amide bonds. The first-order valence-electron chi connectivity index (χ1n) is 9.93. The number of fused-ring (bicyclic) bond motifs is 2. The molecule has 32 heavy (non-hydrogen) atoms. The van der Waals surface area contributed by atoms with Crippen LogP contribution >= 0.6 is 11.3 Å². The molecular formula is C23H18FN3O4S. The topological polar surface area (TPSA) is 82.6 Å². The van der Waals surface area contributed by atoms with E-state index in [-0.39, 0.29) is 31.0 Å². The number of carbonyl (C=O) groups excluding carboxylic acids is 1. The highest BCUT2D eigenvalue weighted by molar-refractivity contribution is 7.17. The van der Waals surface area contributed by atoms with Crippen LogP contribution in [0.1, 0.15) is 0 Å². The molecule has 4 aromatic rings. The maximum Gasteiger partial charge on any atom is 0.258 e. The summed E-state index contributed by atoms with van der Waals surface area (Å²) in [5.74, 6) is 1.03. The number of hydrogen-bond acceptors (Lipinski definition) is 7. The molecule has 0 fully saturated rings. The SMILES string of the molecule is O=C(COc1ncnc2scc(-c3ccc(F)cc3)c12)NC[C@H]1COc2ccccc2O1. The van der Waals surface area contributed by atoms with Crippen LogP contribution in [0.2, 0.25) is 0 Å². The Balaban J connectivity index is 1.23. The zero-order chi connectivity index (χ0) is 21.9. The summed E-state index contributed by atoms with van der Waals surface area (Å²) in [6, 6.07) is 13.6. The summed E-state index contributed by atoms with van der Waals surface area (Å²) in [4.78, 5) is 21.6. The van der Waals surface area contributed by atoms with E-state index in [9.17, 15) is 9.18 Å². The number of rotatable bonds is 6. The zero-order valence-electron chi connectivity index (χ0n) is 16.8. The van der Waals surface area contributed by atoms with Gasteiger partial charge in [-0.15, -0.1) is 11.3 Å². The molecule has 1 aliphatic rings. The van der Waals surface area contributed by atoms with Crippen molar-refractivity contribution in [1.82, 2.24) is 15.3 Å². The van der Waals surface area contributed by atoms with Gasteiger partial charge in [-0.1, -0.05) is 24.3 Å². The van der Waals surface area contributed by atoms with E-state index < -0.39 is 0 Å². The van der Waals surface area contributed by atoms with E-state index in [1.165, 1.54) is 29.8 Å². The van der Waals surface area contributed by atoms with Crippen LogP contribution in [0.15, 0.2) is 60.2 Å². The molecule has 7 nitrogen and oxygen atoms in total. The van der Waals surface area contributed by atoms with E-state index in [1.54, 1.807) is 12.1 Å². The standard InChI is InChI=1S/C23H18FN3O4S/c24-15-7-5-14(6-8-15)17-12-32-23-21(17)22(26-13-27-23)30-11-20(28)25-9-16-10-29-18-3-1-2-4-19(18)31-16/h1-8,12-13,16H,9-11H2,(H,25,28)/t16-/m0/s1. The van der Waals surface area contributed by atoms with Crippen molar-refractivity contribution in [1.29, 1.82) is 0 Å². The van der Waals surface area contributed by atoms with Gasteiger partial charge >= 0.3 is 0 Å². The van der Waals surface area contributed by atoms with Crippen molar-refractivity contribution in [3.63, 3.8) is 0 Å². The van der Waals surface area contributed by atoms with Crippen molar-refractivity contribution in [2.45, 2.75) is 6.10 Å². The molecule has 2 aromatic carbocycles. The average molecular weight is 451 g/mol. The van der Waals surface area contributed by atoms with Crippen molar-refractivity contribution in [2.24, 2.45) is 0 Å². The molecule has 3 heterocycles. The third kappa shape index (κ3) is 4.19. The second kappa shape index (κ2) is 8.80. The van der Waals surface area contributed by atoms with Crippen LogP contribution in [0.5, 0.6) is 17.4 Å². The Morgan fingerprint density at radius 1 is 1.16 bits per heavy atom. The molecule has 5 rings (SSSR count). The van der Waals surface area contributed by atoms with E-state index in [0.29, 0.717) is 29.4 Å². The predicted molar refractivity (Wildman–Crippen MR) is 118 cm³/mol. The van der Waals surface area contributed by atoms with Gasteiger partial charge in [0.15, 0.2) is 18.1 Å². The van der Waals surface area contributed by atoms with Gasteiger partial charge in [0.1, 0.15) is 29.7 Å². The summed E-state index contributed by atoms with van der Waals surface area (Å²) in [5, 5.41) is 5.40. The quantitative estimate of drug-likeness (QED) is 0.480. The van der Waals surface area contributed by atoms with Crippen molar-refractivity contribution < 1.29 is 23.4 Å². The van der Waals surface area contributed by atoms with Gasteiger partial charge in [0.2, 0.25) is 5.88 Å². The summed E-state index contributed by atoms with van der Waals surface area (Å²) >= 11 is 1.43. The molecule has 0 spiro atoms. The van der Waals surface area contributed by atoms with Crippen LogP contribution in [-0.4, -0.2) is 41.7 Å². The Bertz CT molecular complexity index is 1260. The van der Waals surface area contributed by atoms with Crippen LogP contribution in [0.4, 0.5) is 4.39 Å². The van der Waals surface area contributed by atoms with Crippen LogP contribution in [0.3, 0.4) is 0 Å². The van der Waals surface area contributed by atoms with Crippen LogP contribution in [0, 0.1) is 5.82 Å². The molecule has 0 saturated carbocycles. The number of amides is 1. The number of ether oxygens (including phenoxy) is 3. The van der Waals surface area contributed by atoms with E-state index >= 15 is 0 Å². The summed E-state index contributed by atoms with van der Waals surface area (Å²) < 4.78 is 30.5. The smallest absolute Gasteiger partial charge is 0.258 e. The summed E-state index contributed by atoms with van der Waals surface area (Å²) in [6.07, 6.45) is 1.10. The Morgan fingerprint density at radius 2 is 1.97 bits per heavy atom. The minimum atomic E-state index is -0.312. The number of hydrogen-bond donors (Lipinski definition) is 1. The molecule has 2 aromatic heterocycles. The zero-order valence-corrected chi connectivity index (χ0v) is 17.6. The number of halogens is 1. The lowest BCUT2D eigenvalue weighted by atomic mass is 10.1. The lowest BCUT2D eigenvalue weighted by molar-refractivity contribution is -0.123. The average Bonchev–Trinajstić information content (AvgIpc) is 3.26. The minimum Gasteiger partial charge on any atom is -0.486 e. The second-order valence-corrected chi connectivity index (χ2v) is 7.96. The first-order valence-corrected chi connectivity index (χ1v) is 10.8. The maximum absolute atomic E-state index is 13.3. The first kappa shape index (κ1) is 20.2. The molecule has 1 aliphatic heterocycles. The maximum atomic E-state index is 13.3. The van der Waals surface area contributed by atoms with Gasteiger partial charge in [0, 0.05) is 10.9 Å². The molecule has 0 radical (unpaired) electrons. The van der Waals surface area contributed by atoms with E-state index in [4.69, 9.17) is 14.2 Å². The van der Waals surface area contributed by atoms with Gasteiger partial charge in [-0.2, -0.15) is 0 Å². The highest BCUT2D eigenvalue weighted by Crippen LogP contribution is 2.37. The normalized spacial score (nSPS) is 14.8. The third-order valence-corrected chi connectivity index (χ3v) is 5.81. The Hall–Kier alpha value is -3.72. The van der Waals surface area contributed by atoms with E-state index in [0.717, 1.165) is 16.0 Å². The van der Waals surface area contributed by atoms with Gasteiger partial charge in [-0.25, -0.2) is 14.4 Å². The molecule has 1 N–H and O–H groups in total. The Labute approximate surface area is 186 Å². The second-order valence-electron chi connectivity index (χ2n) is 7.11. The van der Waals surface area contributed by atoms with Crippen molar-refractivity contribution in [3.05, 3.63) is 66.1 Å². The van der Waals surface area contributed by atoms with Crippen LogP contribution < -0.4 is 19.5 Å². The molecule has 9 heteroatoms. The molecule has 0 saturated heterocycles. The van der Waals surface area contributed by atoms with E-state index in [1.807, 2.05) is 29.6 Å². The van der Waals surface area contributed by atoms with Crippen molar-refractivity contribution in [2.75, 3.05) is 19.8 Å². The Kier molecular flexibility index (Phi) is 5.55. The van der Waals surface area contributed by atoms with Gasteiger partial charge < -0.3 is 19.5 Å².